The standard InChI is InChI=1S/C24H34N4O.HI/c1-18(2)28(4)17-22-8-6-5-7-21(22)16-27-24(25-3)26-13-11-19-9-10-23-20(15-19)12-14-29-23;/h5-10,15,18H,11-14,16-17H2,1-4H3,(H2,25,26,27);1H. The van der Waals surface area contributed by atoms with Crippen molar-refractivity contribution in [2.24, 2.45) is 4.99 Å². The van der Waals surface area contributed by atoms with Gasteiger partial charge in [-0.3, -0.25) is 9.89 Å². The molecule has 6 heteroatoms. The number of hydrogen-bond donors (Lipinski definition) is 2. The van der Waals surface area contributed by atoms with Gasteiger partial charge >= 0.3 is 0 Å². The van der Waals surface area contributed by atoms with Crippen LogP contribution >= 0.6 is 24.0 Å². The Morgan fingerprint density at radius 3 is 2.63 bits per heavy atom. The van der Waals surface area contributed by atoms with Crippen LogP contribution in [0.2, 0.25) is 0 Å². The lowest BCUT2D eigenvalue weighted by Gasteiger charge is -2.23. The second kappa shape index (κ2) is 12.2. The van der Waals surface area contributed by atoms with Crippen LogP contribution in [0.3, 0.4) is 0 Å². The average molecular weight is 522 g/mol. The van der Waals surface area contributed by atoms with Crippen LogP contribution in [-0.4, -0.2) is 44.1 Å². The molecule has 1 aliphatic heterocycles. The van der Waals surface area contributed by atoms with Crippen molar-refractivity contribution in [2.75, 3.05) is 27.2 Å². The van der Waals surface area contributed by atoms with E-state index in [1.165, 1.54) is 22.3 Å². The highest BCUT2D eigenvalue weighted by molar-refractivity contribution is 14.0. The van der Waals surface area contributed by atoms with Crippen molar-refractivity contribution in [3.8, 4) is 5.75 Å². The van der Waals surface area contributed by atoms with Crippen molar-refractivity contribution in [3.05, 3.63) is 64.7 Å². The van der Waals surface area contributed by atoms with E-state index in [1.54, 1.807) is 0 Å². The van der Waals surface area contributed by atoms with Crippen LogP contribution in [-0.2, 0) is 25.9 Å². The van der Waals surface area contributed by atoms with Gasteiger partial charge in [0.1, 0.15) is 5.75 Å². The van der Waals surface area contributed by atoms with Crippen LogP contribution in [0.15, 0.2) is 47.5 Å². The van der Waals surface area contributed by atoms with E-state index in [2.05, 4.69) is 83.9 Å². The van der Waals surface area contributed by atoms with E-state index in [9.17, 15) is 0 Å². The Bertz CT molecular complexity index is 838. The monoisotopic (exact) mass is 522 g/mol. The summed E-state index contributed by atoms with van der Waals surface area (Å²) in [6.07, 6.45) is 1.98. The number of hydrogen-bond acceptors (Lipinski definition) is 3. The zero-order valence-electron chi connectivity index (χ0n) is 18.6. The molecule has 5 nitrogen and oxygen atoms in total. The molecule has 0 fully saturated rings. The van der Waals surface area contributed by atoms with Gasteiger partial charge in [-0.1, -0.05) is 36.4 Å². The SMILES string of the molecule is CN=C(NCCc1ccc2c(c1)CCO2)NCc1ccccc1CN(C)C(C)C.I. The zero-order valence-corrected chi connectivity index (χ0v) is 20.9. The van der Waals surface area contributed by atoms with Crippen molar-refractivity contribution in [2.45, 2.75) is 45.8 Å². The van der Waals surface area contributed by atoms with E-state index in [0.29, 0.717) is 6.04 Å². The largest absolute Gasteiger partial charge is 0.493 e. The quantitative estimate of drug-likeness (QED) is 0.313. The number of ether oxygens (including phenoxy) is 1. The molecular weight excluding hydrogens is 487 g/mol. The molecule has 1 aliphatic rings. The molecule has 0 aromatic heterocycles. The summed E-state index contributed by atoms with van der Waals surface area (Å²) < 4.78 is 5.59. The maximum atomic E-state index is 5.59. The van der Waals surface area contributed by atoms with Crippen molar-refractivity contribution in [1.82, 2.24) is 15.5 Å². The lowest BCUT2D eigenvalue weighted by atomic mass is 10.1. The molecule has 30 heavy (non-hydrogen) atoms. The highest BCUT2D eigenvalue weighted by Gasteiger charge is 2.12. The molecule has 0 atom stereocenters. The van der Waals surface area contributed by atoms with Crippen LogP contribution < -0.4 is 15.4 Å². The molecule has 164 valence electrons. The number of rotatable bonds is 8. The van der Waals surface area contributed by atoms with E-state index in [-0.39, 0.29) is 24.0 Å². The fourth-order valence-corrected chi connectivity index (χ4v) is 3.46. The average Bonchev–Trinajstić information content (AvgIpc) is 3.19. The second-order valence-electron chi connectivity index (χ2n) is 7.92. The Morgan fingerprint density at radius 1 is 1.13 bits per heavy atom. The van der Waals surface area contributed by atoms with Crippen molar-refractivity contribution in [3.63, 3.8) is 0 Å². The third kappa shape index (κ3) is 6.87. The predicted octanol–water partition coefficient (Wildman–Crippen LogP) is 3.99. The van der Waals surface area contributed by atoms with Crippen molar-refractivity contribution >= 4 is 29.9 Å². The molecule has 2 N–H and O–H groups in total. The van der Waals surface area contributed by atoms with E-state index < -0.39 is 0 Å². The zero-order chi connectivity index (χ0) is 20.6. The summed E-state index contributed by atoms with van der Waals surface area (Å²) in [4.78, 5) is 6.73. The summed E-state index contributed by atoms with van der Waals surface area (Å²) in [6.45, 7) is 7.81. The Hall–Kier alpha value is -1.80. The lowest BCUT2D eigenvalue weighted by Crippen LogP contribution is -2.38. The predicted molar refractivity (Wildman–Crippen MR) is 136 cm³/mol. The molecule has 2 aromatic rings. The minimum absolute atomic E-state index is 0. The number of halogens is 1. The Labute approximate surface area is 198 Å². The Kier molecular flexibility index (Phi) is 9.91. The number of nitrogens with zero attached hydrogens (tertiary/aromatic N) is 2. The van der Waals surface area contributed by atoms with Crippen LogP contribution in [0, 0.1) is 0 Å². The number of benzene rings is 2. The topological polar surface area (TPSA) is 48.9 Å². The summed E-state index contributed by atoms with van der Waals surface area (Å²) >= 11 is 0. The molecule has 3 rings (SSSR count). The van der Waals surface area contributed by atoms with E-state index >= 15 is 0 Å². The van der Waals surface area contributed by atoms with Gasteiger partial charge in [0, 0.05) is 39.1 Å². The van der Waals surface area contributed by atoms with Gasteiger partial charge in [0.2, 0.25) is 0 Å². The molecule has 0 saturated heterocycles. The maximum Gasteiger partial charge on any atom is 0.191 e. The van der Waals surface area contributed by atoms with Gasteiger partial charge in [-0.15, -0.1) is 24.0 Å². The maximum absolute atomic E-state index is 5.59. The molecule has 2 aromatic carbocycles. The first-order valence-electron chi connectivity index (χ1n) is 10.5. The molecule has 0 spiro atoms. The number of guanidine groups is 1. The van der Waals surface area contributed by atoms with Gasteiger partial charge < -0.3 is 15.4 Å². The number of aliphatic imine (C=N–C) groups is 1. The lowest BCUT2D eigenvalue weighted by molar-refractivity contribution is 0.265. The summed E-state index contributed by atoms with van der Waals surface area (Å²) in [5.41, 5.74) is 5.32. The van der Waals surface area contributed by atoms with Gasteiger partial charge in [0.15, 0.2) is 5.96 Å². The molecule has 0 aliphatic carbocycles. The minimum Gasteiger partial charge on any atom is -0.493 e. The fourth-order valence-electron chi connectivity index (χ4n) is 3.46. The summed E-state index contributed by atoms with van der Waals surface area (Å²) in [6, 6.07) is 15.7. The van der Waals surface area contributed by atoms with Crippen LogP contribution in [0.5, 0.6) is 5.75 Å². The van der Waals surface area contributed by atoms with Gasteiger partial charge in [-0.25, -0.2) is 0 Å². The first kappa shape index (κ1) is 24.5. The van der Waals surface area contributed by atoms with Crippen LogP contribution in [0.1, 0.15) is 36.1 Å². The molecular formula is C24H35IN4O. The first-order valence-corrected chi connectivity index (χ1v) is 10.5. The number of nitrogens with one attached hydrogen (secondary N) is 2. The molecule has 1 heterocycles. The third-order valence-corrected chi connectivity index (χ3v) is 5.55. The molecule has 0 radical (unpaired) electrons. The van der Waals surface area contributed by atoms with Crippen LogP contribution in [0.25, 0.3) is 0 Å². The Morgan fingerprint density at radius 2 is 1.90 bits per heavy atom. The third-order valence-electron chi connectivity index (χ3n) is 5.55. The summed E-state index contributed by atoms with van der Waals surface area (Å²) in [5, 5.41) is 6.89. The summed E-state index contributed by atoms with van der Waals surface area (Å²) in [5.74, 6) is 1.88. The van der Waals surface area contributed by atoms with Gasteiger partial charge in [0.05, 0.1) is 6.61 Å². The second-order valence-corrected chi connectivity index (χ2v) is 7.92. The molecule has 0 unspecified atom stereocenters. The molecule has 0 saturated carbocycles. The van der Waals surface area contributed by atoms with Crippen molar-refractivity contribution in [1.29, 1.82) is 0 Å². The smallest absolute Gasteiger partial charge is 0.191 e. The first-order chi connectivity index (χ1) is 14.1. The highest BCUT2D eigenvalue weighted by atomic mass is 127. The Balaban J connectivity index is 0.00000320. The normalized spacial score (nSPS) is 13.1. The fraction of sp³-hybridized carbons (Fsp3) is 0.458. The van der Waals surface area contributed by atoms with E-state index in [0.717, 1.165) is 50.8 Å². The van der Waals surface area contributed by atoms with Gasteiger partial charge in [-0.2, -0.15) is 0 Å². The van der Waals surface area contributed by atoms with Gasteiger partial charge in [0.25, 0.3) is 0 Å². The minimum atomic E-state index is 0. The van der Waals surface area contributed by atoms with Crippen LogP contribution in [0.4, 0.5) is 0 Å². The number of fused-ring (bicyclic) bond motifs is 1. The van der Waals surface area contributed by atoms with E-state index in [4.69, 9.17) is 4.74 Å². The van der Waals surface area contributed by atoms with Crippen molar-refractivity contribution < 1.29 is 4.74 Å². The summed E-state index contributed by atoms with van der Waals surface area (Å²) in [7, 11) is 3.99. The highest BCUT2D eigenvalue weighted by Crippen LogP contribution is 2.25. The molecule has 0 amide bonds. The van der Waals surface area contributed by atoms with E-state index in [1.807, 2.05) is 7.05 Å². The molecule has 0 bridgehead atoms. The van der Waals surface area contributed by atoms with Gasteiger partial charge in [-0.05, 0) is 55.6 Å².